The van der Waals surface area contributed by atoms with Gasteiger partial charge in [-0.25, -0.2) is 0 Å². The van der Waals surface area contributed by atoms with Crippen LogP contribution in [0, 0.1) is 27.7 Å². The third-order valence-electron chi connectivity index (χ3n) is 5.57. The van der Waals surface area contributed by atoms with Crippen LogP contribution in [0.5, 0.6) is 0 Å². The summed E-state index contributed by atoms with van der Waals surface area (Å²) >= 11 is 11.6. The van der Waals surface area contributed by atoms with E-state index < -0.39 is 11.8 Å². The maximum absolute atomic E-state index is 13.3. The lowest BCUT2D eigenvalue weighted by Crippen LogP contribution is -2.54. The van der Waals surface area contributed by atoms with Gasteiger partial charge in [0.25, 0.3) is 11.8 Å². The van der Waals surface area contributed by atoms with E-state index in [9.17, 15) is 9.59 Å². The number of rotatable bonds is 3. The third-order valence-corrected chi connectivity index (χ3v) is 6.17. The SMILES string of the molecule is Cc1ccc(C)c(-n2c(C)cc(/C=C3\C(=O)NC(=S)N(c4ccccc4Cl)C3=O)c2C)c1. The number of aryl methyl sites for hydroxylation is 3. The fourth-order valence-corrected chi connectivity index (χ4v) is 4.42. The molecule has 2 heterocycles. The summed E-state index contributed by atoms with van der Waals surface area (Å²) in [6.45, 7) is 8.09. The van der Waals surface area contributed by atoms with Crippen molar-refractivity contribution in [3.05, 3.63) is 87.2 Å². The molecule has 162 valence electrons. The fourth-order valence-electron chi connectivity index (χ4n) is 3.93. The molecule has 2 amide bonds. The molecule has 32 heavy (non-hydrogen) atoms. The van der Waals surface area contributed by atoms with Crippen molar-refractivity contribution in [1.82, 2.24) is 9.88 Å². The zero-order chi connectivity index (χ0) is 23.2. The highest BCUT2D eigenvalue weighted by Gasteiger charge is 2.35. The van der Waals surface area contributed by atoms with Crippen LogP contribution in [-0.2, 0) is 9.59 Å². The molecular weight excluding hydrogens is 442 g/mol. The molecule has 0 aliphatic carbocycles. The minimum atomic E-state index is -0.528. The van der Waals surface area contributed by atoms with Gasteiger partial charge < -0.3 is 4.57 Å². The highest BCUT2D eigenvalue weighted by atomic mass is 35.5. The van der Waals surface area contributed by atoms with Gasteiger partial charge in [-0.05, 0) is 86.9 Å². The van der Waals surface area contributed by atoms with E-state index in [1.807, 2.05) is 19.9 Å². The molecule has 0 saturated carbocycles. The number of thiocarbonyl (C=S) groups is 1. The Labute approximate surface area is 197 Å². The first-order valence-corrected chi connectivity index (χ1v) is 10.9. The fraction of sp³-hybridized carbons (Fsp3) is 0.160. The number of carbonyl (C=O) groups is 2. The highest BCUT2D eigenvalue weighted by Crippen LogP contribution is 2.30. The smallest absolute Gasteiger partial charge is 0.270 e. The normalized spacial score (nSPS) is 15.5. The van der Waals surface area contributed by atoms with E-state index in [2.05, 4.69) is 41.9 Å². The number of benzene rings is 2. The lowest BCUT2D eigenvalue weighted by molar-refractivity contribution is -0.122. The van der Waals surface area contributed by atoms with Crippen LogP contribution in [0.3, 0.4) is 0 Å². The van der Waals surface area contributed by atoms with E-state index in [1.165, 1.54) is 4.90 Å². The van der Waals surface area contributed by atoms with Gasteiger partial charge >= 0.3 is 0 Å². The van der Waals surface area contributed by atoms with Gasteiger partial charge in [-0.15, -0.1) is 0 Å². The Bertz CT molecular complexity index is 1320. The maximum atomic E-state index is 13.3. The maximum Gasteiger partial charge on any atom is 0.270 e. The van der Waals surface area contributed by atoms with Crippen LogP contribution in [-0.4, -0.2) is 21.5 Å². The van der Waals surface area contributed by atoms with Crippen LogP contribution in [0.2, 0.25) is 5.02 Å². The molecule has 1 aliphatic heterocycles. The number of carbonyl (C=O) groups excluding carboxylic acids is 2. The van der Waals surface area contributed by atoms with Crippen LogP contribution in [0.15, 0.2) is 54.1 Å². The van der Waals surface area contributed by atoms with Gasteiger partial charge in [0.15, 0.2) is 5.11 Å². The largest absolute Gasteiger partial charge is 0.318 e. The topological polar surface area (TPSA) is 54.3 Å². The van der Waals surface area contributed by atoms with Crippen molar-refractivity contribution < 1.29 is 9.59 Å². The van der Waals surface area contributed by atoms with Crippen LogP contribution in [0.25, 0.3) is 11.8 Å². The monoisotopic (exact) mass is 463 g/mol. The zero-order valence-electron chi connectivity index (χ0n) is 18.2. The van der Waals surface area contributed by atoms with E-state index in [0.29, 0.717) is 10.7 Å². The molecule has 1 aliphatic rings. The first kappa shape index (κ1) is 22.0. The molecule has 2 aromatic carbocycles. The molecule has 0 atom stereocenters. The first-order chi connectivity index (χ1) is 15.2. The number of aromatic nitrogens is 1. The summed E-state index contributed by atoms with van der Waals surface area (Å²) in [4.78, 5) is 27.3. The van der Waals surface area contributed by atoms with Crippen molar-refractivity contribution in [3.63, 3.8) is 0 Å². The number of anilines is 1. The van der Waals surface area contributed by atoms with Crippen molar-refractivity contribution in [1.29, 1.82) is 0 Å². The molecule has 1 aromatic heterocycles. The van der Waals surface area contributed by atoms with E-state index in [1.54, 1.807) is 30.3 Å². The van der Waals surface area contributed by atoms with Crippen LogP contribution >= 0.6 is 23.8 Å². The molecule has 0 bridgehead atoms. The molecule has 1 saturated heterocycles. The van der Waals surface area contributed by atoms with E-state index >= 15 is 0 Å². The van der Waals surface area contributed by atoms with E-state index in [0.717, 1.165) is 33.8 Å². The predicted octanol–water partition coefficient (Wildman–Crippen LogP) is 5.20. The summed E-state index contributed by atoms with van der Waals surface area (Å²) in [5, 5.41) is 2.98. The summed E-state index contributed by atoms with van der Waals surface area (Å²) in [6, 6.07) is 15.1. The van der Waals surface area contributed by atoms with Gasteiger partial charge in [-0.3, -0.25) is 19.8 Å². The number of nitrogens with zero attached hydrogens (tertiary/aromatic N) is 2. The Hall–Kier alpha value is -3.22. The molecule has 5 nitrogen and oxygen atoms in total. The van der Waals surface area contributed by atoms with Crippen LogP contribution in [0.1, 0.15) is 28.1 Å². The Morgan fingerprint density at radius 1 is 0.969 bits per heavy atom. The van der Waals surface area contributed by atoms with Gasteiger partial charge in [0.05, 0.1) is 10.7 Å². The van der Waals surface area contributed by atoms with E-state index in [4.69, 9.17) is 23.8 Å². The quantitative estimate of drug-likeness (QED) is 0.330. The van der Waals surface area contributed by atoms with Crippen molar-refractivity contribution in [2.24, 2.45) is 0 Å². The lowest BCUT2D eigenvalue weighted by atomic mass is 10.1. The first-order valence-electron chi connectivity index (χ1n) is 10.1. The molecule has 0 spiro atoms. The predicted molar refractivity (Wildman–Crippen MR) is 132 cm³/mol. The zero-order valence-corrected chi connectivity index (χ0v) is 19.8. The van der Waals surface area contributed by atoms with Gasteiger partial charge in [0.1, 0.15) is 5.57 Å². The van der Waals surface area contributed by atoms with Crippen LogP contribution in [0.4, 0.5) is 5.69 Å². The summed E-state index contributed by atoms with van der Waals surface area (Å²) in [7, 11) is 0. The number of hydrogen-bond acceptors (Lipinski definition) is 3. The highest BCUT2D eigenvalue weighted by molar-refractivity contribution is 7.80. The van der Waals surface area contributed by atoms with Crippen molar-refractivity contribution in [2.45, 2.75) is 27.7 Å². The Kier molecular flexibility index (Phi) is 5.75. The molecule has 3 aromatic rings. The van der Waals surface area contributed by atoms with Crippen LogP contribution < -0.4 is 10.2 Å². The van der Waals surface area contributed by atoms with Gasteiger partial charge in [0, 0.05) is 17.1 Å². The number of nitrogens with one attached hydrogen (secondary N) is 1. The lowest BCUT2D eigenvalue weighted by Gasteiger charge is -2.29. The number of hydrogen-bond donors (Lipinski definition) is 1. The molecule has 0 unspecified atom stereocenters. The molecule has 7 heteroatoms. The second-order valence-electron chi connectivity index (χ2n) is 7.86. The summed E-state index contributed by atoms with van der Waals surface area (Å²) < 4.78 is 2.14. The van der Waals surface area contributed by atoms with E-state index in [-0.39, 0.29) is 10.7 Å². The standard InChI is InChI=1S/C25H22ClN3O2S/c1-14-9-10-15(2)22(11-14)28-16(3)12-18(17(28)4)13-19-23(30)27-25(32)29(24(19)31)21-8-6-5-7-20(21)26/h5-13H,1-4H3,(H,27,30,32)/b19-13+. The Morgan fingerprint density at radius 3 is 2.41 bits per heavy atom. The minimum Gasteiger partial charge on any atom is -0.318 e. The molecular formula is C25H22ClN3O2S. The second kappa shape index (κ2) is 8.37. The second-order valence-corrected chi connectivity index (χ2v) is 8.65. The molecule has 1 fully saturated rings. The van der Waals surface area contributed by atoms with Gasteiger partial charge in [-0.1, -0.05) is 35.9 Å². The average molecular weight is 464 g/mol. The van der Waals surface area contributed by atoms with Gasteiger partial charge in [-0.2, -0.15) is 0 Å². The van der Waals surface area contributed by atoms with Crippen molar-refractivity contribution in [3.8, 4) is 5.69 Å². The Morgan fingerprint density at radius 2 is 1.69 bits per heavy atom. The average Bonchev–Trinajstić information content (AvgIpc) is 3.01. The molecule has 4 rings (SSSR count). The number of halogens is 1. The number of amides is 2. The summed E-state index contributed by atoms with van der Waals surface area (Å²) in [6.07, 6.45) is 1.62. The Balaban J connectivity index is 1.81. The summed E-state index contributed by atoms with van der Waals surface area (Å²) in [5.41, 5.74) is 6.52. The van der Waals surface area contributed by atoms with Crippen molar-refractivity contribution >= 4 is 52.5 Å². The van der Waals surface area contributed by atoms with Crippen molar-refractivity contribution in [2.75, 3.05) is 4.90 Å². The molecule has 1 N–H and O–H groups in total. The number of para-hydroxylation sites is 1. The minimum absolute atomic E-state index is 0.000246. The summed E-state index contributed by atoms with van der Waals surface area (Å²) in [5.74, 6) is -1.04. The van der Waals surface area contributed by atoms with Gasteiger partial charge in [0.2, 0.25) is 0 Å². The third kappa shape index (κ3) is 3.76. The molecule has 0 radical (unpaired) electrons.